The third kappa shape index (κ3) is 28.8. The Hall–Kier alpha value is -3.06. The van der Waals surface area contributed by atoms with E-state index in [0.29, 0.717) is 19.3 Å². The highest BCUT2D eigenvalue weighted by atomic mass is 16.7. The lowest BCUT2D eigenvalue weighted by Gasteiger charge is -2.42. The molecule has 2 aliphatic heterocycles. The molecule has 15 heteroatoms. The van der Waals surface area contributed by atoms with E-state index in [9.17, 15) is 45.3 Å². The van der Waals surface area contributed by atoms with Gasteiger partial charge in [0.25, 0.3) is 0 Å². The summed E-state index contributed by atoms with van der Waals surface area (Å²) in [6.45, 7) is 2.46. The third-order valence-corrected chi connectivity index (χ3v) is 12.2. The Morgan fingerprint density at radius 2 is 0.886 bits per heavy atom. The van der Waals surface area contributed by atoms with E-state index in [1.165, 1.54) is 70.6 Å². The number of unbranched alkanes of at least 4 members (excludes halogenated alkanes) is 14. The molecule has 0 aromatic rings. The van der Waals surface area contributed by atoms with E-state index < -0.39 is 99.3 Å². The molecule has 402 valence electrons. The second-order valence-corrected chi connectivity index (χ2v) is 18.3. The average Bonchev–Trinajstić information content (AvgIpc) is 3.35. The van der Waals surface area contributed by atoms with Gasteiger partial charge in [-0.05, 0) is 77.0 Å². The molecule has 0 aromatic heterocycles. The van der Waals surface area contributed by atoms with Crippen molar-refractivity contribution in [2.24, 2.45) is 0 Å². The van der Waals surface area contributed by atoms with Crippen molar-refractivity contribution in [3.05, 3.63) is 72.9 Å². The number of rotatable bonds is 40. The minimum absolute atomic E-state index is 0.0357. The normalized spacial score (nSPS) is 26.0. The summed E-state index contributed by atoms with van der Waals surface area (Å²) in [7, 11) is 0. The molecule has 0 radical (unpaired) electrons. The Labute approximate surface area is 419 Å². The van der Waals surface area contributed by atoms with Gasteiger partial charge < -0.3 is 64.2 Å². The molecule has 2 heterocycles. The Balaban J connectivity index is 1.85. The largest absolute Gasteiger partial charge is 0.462 e. The number of carbonyl (C=O) groups is 2. The zero-order chi connectivity index (χ0) is 51.0. The van der Waals surface area contributed by atoms with E-state index in [1.54, 1.807) is 0 Å². The Bertz CT molecular complexity index is 1490. The van der Waals surface area contributed by atoms with E-state index in [2.05, 4.69) is 74.6 Å². The summed E-state index contributed by atoms with van der Waals surface area (Å²) < 4.78 is 33.5. The molecule has 2 rings (SSSR count). The number of hydrogen-bond acceptors (Lipinski definition) is 15. The van der Waals surface area contributed by atoms with Gasteiger partial charge in [-0.3, -0.25) is 9.59 Å². The molecule has 0 spiro atoms. The van der Waals surface area contributed by atoms with Crippen molar-refractivity contribution in [1.82, 2.24) is 0 Å². The zero-order valence-electron chi connectivity index (χ0n) is 42.5. The highest BCUT2D eigenvalue weighted by Gasteiger charge is 2.47. The van der Waals surface area contributed by atoms with Gasteiger partial charge in [-0.15, -0.1) is 0 Å². The van der Waals surface area contributed by atoms with Crippen molar-refractivity contribution in [1.29, 1.82) is 0 Å². The number of allylic oxidation sites excluding steroid dienone is 12. The number of carbonyl (C=O) groups excluding carboxylic acids is 2. The van der Waals surface area contributed by atoms with Crippen LogP contribution in [-0.2, 0) is 38.0 Å². The van der Waals surface area contributed by atoms with Crippen LogP contribution in [0.5, 0.6) is 0 Å². The minimum Gasteiger partial charge on any atom is -0.462 e. The number of aliphatic hydroxyl groups excluding tert-OH is 7. The molecular formula is C55H92O15. The van der Waals surface area contributed by atoms with Gasteiger partial charge in [0.2, 0.25) is 0 Å². The van der Waals surface area contributed by atoms with Gasteiger partial charge in [-0.1, -0.05) is 151 Å². The van der Waals surface area contributed by atoms with Crippen LogP contribution in [0.4, 0.5) is 0 Å². The van der Waals surface area contributed by atoms with Gasteiger partial charge in [0, 0.05) is 12.8 Å². The Kier molecular flexibility index (Phi) is 37.3. The maximum Gasteiger partial charge on any atom is 0.306 e. The number of aliphatic hydroxyl groups is 7. The van der Waals surface area contributed by atoms with Gasteiger partial charge >= 0.3 is 11.9 Å². The van der Waals surface area contributed by atoms with Crippen LogP contribution in [0.1, 0.15) is 168 Å². The second-order valence-electron chi connectivity index (χ2n) is 18.3. The van der Waals surface area contributed by atoms with Crippen LogP contribution in [-0.4, -0.2) is 142 Å². The number of ether oxygens (including phenoxy) is 6. The first-order valence-corrected chi connectivity index (χ1v) is 26.5. The van der Waals surface area contributed by atoms with Crippen molar-refractivity contribution in [3.8, 4) is 0 Å². The summed E-state index contributed by atoms with van der Waals surface area (Å²) in [6.07, 6.45) is 32.3. The molecule has 4 unspecified atom stereocenters. The maximum atomic E-state index is 13.0. The second kappa shape index (κ2) is 41.4. The first-order valence-electron chi connectivity index (χ1n) is 26.5. The first-order chi connectivity index (χ1) is 34.0. The van der Waals surface area contributed by atoms with Crippen molar-refractivity contribution >= 4 is 11.9 Å². The molecule has 15 nitrogen and oxygen atoms in total. The lowest BCUT2D eigenvalue weighted by atomic mass is 9.98. The van der Waals surface area contributed by atoms with Crippen molar-refractivity contribution in [3.63, 3.8) is 0 Å². The van der Waals surface area contributed by atoms with Crippen LogP contribution in [0.3, 0.4) is 0 Å². The van der Waals surface area contributed by atoms with Gasteiger partial charge in [0.15, 0.2) is 18.7 Å². The number of esters is 2. The van der Waals surface area contributed by atoms with E-state index in [0.717, 1.165) is 51.4 Å². The van der Waals surface area contributed by atoms with Gasteiger partial charge in [0.05, 0.1) is 19.8 Å². The Morgan fingerprint density at radius 1 is 0.457 bits per heavy atom. The van der Waals surface area contributed by atoms with Crippen molar-refractivity contribution in [2.45, 2.75) is 235 Å². The molecule has 11 atom stereocenters. The SMILES string of the molecule is CCCCC/C=C/C/C=C/C/C=C/C/C=C/C/C=C/CCC(=O)O[C@H](COC(=O)CCCCC/C=C/CCCCCCCCCC)CO[C@H]1O[C@@H](CO[C@H]2O[C@@H](CO)[C@@H](O)C(O)C2O)[C@@H](O)C(O)C1O. The molecule has 2 fully saturated rings. The highest BCUT2D eigenvalue weighted by molar-refractivity contribution is 5.70. The summed E-state index contributed by atoms with van der Waals surface area (Å²) >= 11 is 0. The van der Waals surface area contributed by atoms with Crippen LogP contribution in [0.25, 0.3) is 0 Å². The summed E-state index contributed by atoms with van der Waals surface area (Å²) in [5, 5.41) is 72.1. The standard InChI is InChI=1S/C55H92O15/c1-3-5-7-9-11-13-15-17-19-20-21-22-24-26-28-30-32-34-36-38-47(58)68-43(40-65-46(57)37-35-33-31-29-27-25-23-18-16-14-12-10-8-6-4-2)41-66-54-53(64)51(62)49(60)45(70-54)42-67-55-52(63)50(61)48(59)44(39-56)69-55/h11,13,17,19,21-22,25-28,32,34,43-45,48-56,59-64H,3-10,12,14-16,18,20,23-24,29-31,33,35-42H2,1-2H3/b13-11+,19-17+,22-21+,27-25+,28-26+,34-32+/t43-,44+,45+,48-,49-,50?,51?,52?,53?,54+,55+/m1/s1. The van der Waals surface area contributed by atoms with E-state index in [4.69, 9.17) is 28.4 Å². The third-order valence-electron chi connectivity index (χ3n) is 12.2. The molecule has 0 saturated carbocycles. The van der Waals surface area contributed by atoms with Crippen molar-refractivity contribution < 1.29 is 73.8 Å². The topological polar surface area (TPSA) is 231 Å². The lowest BCUT2D eigenvalue weighted by Crippen LogP contribution is -2.61. The van der Waals surface area contributed by atoms with Gasteiger partial charge in [0.1, 0.15) is 55.4 Å². The zero-order valence-corrected chi connectivity index (χ0v) is 42.5. The Morgan fingerprint density at radius 3 is 1.44 bits per heavy atom. The van der Waals surface area contributed by atoms with Crippen molar-refractivity contribution in [2.75, 3.05) is 26.4 Å². The van der Waals surface area contributed by atoms with Gasteiger partial charge in [-0.2, -0.15) is 0 Å². The lowest BCUT2D eigenvalue weighted by molar-refractivity contribution is -0.332. The fraction of sp³-hybridized carbons (Fsp3) is 0.745. The van der Waals surface area contributed by atoms with Gasteiger partial charge in [-0.25, -0.2) is 0 Å². The fourth-order valence-electron chi connectivity index (χ4n) is 7.78. The summed E-state index contributed by atoms with van der Waals surface area (Å²) in [5.74, 6) is -1.04. The molecule has 0 bridgehead atoms. The average molecular weight is 993 g/mol. The summed E-state index contributed by atoms with van der Waals surface area (Å²) in [6, 6.07) is 0. The predicted octanol–water partition coefficient (Wildman–Crippen LogP) is 7.82. The molecule has 0 aliphatic carbocycles. The fourth-order valence-corrected chi connectivity index (χ4v) is 7.78. The maximum absolute atomic E-state index is 13.0. The molecule has 70 heavy (non-hydrogen) atoms. The van der Waals surface area contributed by atoms with Crippen LogP contribution in [0, 0.1) is 0 Å². The minimum atomic E-state index is -1.78. The first kappa shape index (κ1) is 63.1. The predicted molar refractivity (Wildman–Crippen MR) is 270 cm³/mol. The highest BCUT2D eigenvalue weighted by Crippen LogP contribution is 2.26. The summed E-state index contributed by atoms with van der Waals surface area (Å²) in [4.78, 5) is 25.7. The molecule has 0 aromatic carbocycles. The molecule has 2 saturated heterocycles. The molecular weight excluding hydrogens is 901 g/mol. The quantitative estimate of drug-likeness (QED) is 0.0176. The van der Waals surface area contributed by atoms with E-state index >= 15 is 0 Å². The number of hydrogen-bond donors (Lipinski definition) is 7. The molecule has 2 aliphatic rings. The molecule has 0 amide bonds. The van der Waals surface area contributed by atoms with Crippen LogP contribution in [0.15, 0.2) is 72.9 Å². The van der Waals surface area contributed by atoms with E-state index in [-0.39, 0.29) is 19.4 Å². The summed E-state index contributed by atoms with van der Waals surface area (Å²) in [5.41, 5.74) is 0. The van der Waals surface area contributed by atoms with Crippen LogP contribution < -0.4 is 0 Å². The monoisotopic (exact) mass is 993 g/mol. The molecule has 7 N–H and O–H groups in total. The smallest absolute Gasteiger partial charge is 0.306 e. The van der Waals surface area contributed by atoms with Crippen LogP contribution >= 0.6 is 0 Å². The van der Waals surface area contributed by atoms with E-state index in [1.807, 2.05) is 12.2 Å². The van der Waals surface area contributed by atoms with Crippen LogP contribution in [0.2, 0.25) is 0 Å².